The number of hydrogen-bond acceptors (Lipinski definition) is 4. The maximum atomic E-state index is 10.5. The highest BCUT2D eigenvalue weighted by Crippen LogP contribution is 2.48. The molecule has 0 aromatic heterocycles. The van der Waals surface area contributed by atoms with Crippen molar-refractivity contribution >= 4 is 10.1 Å². The van der Waals surface area contributed by atoms with Gasteiger partial charge in [0.25, 0.3) is 10.1 Å². The van der Waals surface area contributed by atoms with Gasteiger partial charge in [-0.05, 0) is 49.4 Å². The maximum Gasteiger partial charge on any atom is 0.264 e. The van der Waals surface area contributed by atoms with Gasteiger partial charge >= 0.3 is 0 Å². The normalized spacial score (nSPS) is 21.8. The third-order valence-electron chi connectivity index (χ3n) is 4.05. The van der Waals surface area contributed by atoms with Crippen LogP contribution in [0.3, 0.4) is 0 Å². The van der Waals surface area contributed by atoms with Crippen LogP contribution in [0.5, 0.6) is 0 Å². The summed E-state index contributed by atoms with van der Waals surface area (Å²) in [6.07, 6.45) is 8.91. The molecular weight excluding hydrogens is 262 g/mol. The van der Waals surface area contributed by atoms with Crippen LogP contribution in [0, 0.1) is 22.2 Å². The second-order valence-electron chi connectivity index (χ2n) is 6.56. The predicted molar refractivity (Wildman–Crippen MR) is 74.9 cm³/mol. The van der Waals surface area contributed by atoms with E-state index in [1.54, 1.807) is 0 Å². The Labute approximate surface area is 117 Å². The lowest BCUT2D eigenvalue weighted by atomic mass is 10.0. The third kappa shape index (κ3) is 8.22. The zero-order valence-electron chi connectivity index (χ0n) is 12.2. The van der Waals surface area contributed by atoms with Gasteiger partial charge in [-0.1, -0.05) is 13.8 Å². The van der Waals surface area contributed by atoms with Gasteiger partial charge in [0.15, 0.2) is 0 Å². The molecule has 0 spiro atoms. The Bertz CT molecular complexity index is 428. The van der Waals surface area contributed by atoms with Gasteiger partial charge in [0.2, 0.25) is 0 Å². The van der Waals surface area contributed by atoms with Crippen LogP contribution < -0.4 is 0 Å². The van der Waals surface area contributed by atoms with Gasteiger partial charge in [-0.25, -0.2) is 0 Å². The van der Waals surface area contributed by atoms with E-state index >= 15 is 0 Å². The number of nitriles is 1. The minimum absolute atomic E-state index is 0.343. The van der Waals surface area contributed by atoms with Crippen molar-refractivity contribution in [2.24, 2.45) is 10.8 Å². The molecule has 0 aromatic carbocycles. The lowest BCUT2D eigenvalue weighted by molar-refractivity contribution is 0.283. The maximum absolute atomic E-state index is 10.5. The van der Waals surface area contributed by atoms with Gasteiger partial charge in [0, 0.05) is 6.42 Å². The van der Waals surface area contributed by atoms with Crippen LogP contribution in [0.25, 0.3) is 0 Å². The SMILES string of the molecule is CC1(CCC#N)CC1.CC1(CCOS(C)(=O)=O)CC1. The lowest BCUT2D eigenvalue weighted by Gasteiger charge is -2.06. The van der Waals surface area contributed by atoms with E-state index in [1.165, 1.54) is 25.7 Å². The average Bonchev–Trinajstić information content (AvgIpc) is 3.17. The first-order chi connectivity index (χ1) is 8.68. The zero-order chi connectivity index (χ0) is 14.6. The van der Waals surface area contributed by atoms with Crippen molar-refractivity contribution in [2.75, 3.05) is 12.9 Å². The molecule has 0 bridgehead atoms. The van der Waals surface area contributed by atoms with E-state index < -0.39 is 10.1 Å². The van der Waals surface area contributed by atoms with Gasteiger partial charge in [0.05, 0.1) is 18.9 Å². The Morgan fingerprint density at radius 2 is 1.58 bits per heavy atom. The van der Waals surface area contributed by atoms with Gasteiger partial charge in [-0.15, -0.1) is 0 Å². The molecule has 0 N–H and O–H groups in total. The molecule has 5 heteroatoms. The van der Waals surface area contributed by atoms with Gasteiger partial charge in [-0.2, -0.15) is 13.7 Å². The first-order valence-electron chi connectivity index (χ1n) is 6.90. The summed E-state index contributed by atoms with van der Waals surface area (Å²) in [6.45, 7) is 4.75. The molecule has 2 rings (SSSR count). The quantitative estimate of drug-likeness (QED) is 0.703. The van der Waals surface area contributed by atoms with Crippen molar-refractivity contribution in [3.8, 4) is 6.07 Å². The monoisotopic (exact) mass is 287 g/mol. The Morgan fingerprint density at radius 1 is 1.11 bits per heavy atom. The summed E-state index contributed by atoms with van der Waals surface area (Å²) in [4.78, 5) is 0. The van der Waals surface area contributed by atoms with E-state index in [4.69, 9.17) is 5.26 Å². The van der Waals surface area contributed by atoms with Crippen molar-refractivity contribution in [1.29, 1.82) is 5.26 Å². The minimum atomic E-state index is -3.22. The summed E-state index contributed by atoms with van der Waals surface area (Å²) in [6, 6.07) is 2.16. The summed E-state index contributed by atoms with van der Waals surface area (Å²) in [5, 5.41) is 8.21. The molecular formula is C14H25NO3S. The third-order valence-corrected chi connectivity index (χ3v) is 4.65. The smallest absolute Gasteiger partial charge is 0.264 e. The molecule has 0 atom stereocenters. The molecule has 2 saturated carbocycles. The van der Waals surface area contributed by atoms with Crippen LogP contribution in [-0.2, 0) is 14.3 Å². The largest absolute Gasteiger partial charge is 0.270 e. The first kappa shape index (κ1) is 16.5. The molecule has 0 saturated heterocycles. The molecule has 19 heavy (non-hydrogen) atoms. The van der Waals surface area contributed by atoms with Crippen molar-refractivity contribution in [2.45, 2.75) is 58.8 Å². The summed E-state index contributed by atoms with van der Waals surface area (Å²) >= 11 is 0. The number of nitrogens with zero attached hydrogens (tertiary/aromatic N) is 1. The highest BCUT2D eigenvalue weighted by molar-refractivity contribution is 7.85. The van der Waals surface area contributed by atoms with E-state index in [0.717, 1.165) is 25.5 Å². The molecule has 0 amide bonds. The minimum Gasteiger partial charge on any atom is -0.270 e. The fourth-order valence-electron chi connectivity index (χ4n) is 1.72. The molecule has 110 valence electrons. The Balaban J connectivity index is 0.000000200. The van der Waals surface area contributed by atoms with Crippen molar-refractivity contribution < 1.29 is 12.6 Å². The van der Waals surface area contributed by atoms with E-state index in [2.05, 4.69) is 24.1 Å². The molecule has 0 aromatic rings. The average molecular weight is 287 g/mol. The molecule has 2 aliphatic carbocycles. The zero-order valence-corrected chi connectivity index (χ0v) is 13.1. The van der Waals surface area contributed by atoms with Crippen LogP contribution in [0.4, 0.5) is 0 Å². The van der Waals surface area contributed by atoms with Crippen molar-refractivity contribution in [3.63, 3.8) is 0 Å². The van der Waals surface area contributed by atoms with Crippen LogP contribution >= 0.6 is 0 Å². The van der Waals surface area contributed by atoms with Gasteiger partial charge < -0.3 is 0 Å². The second kappa shape index (κ2) is 6.23. The summed E-state index contributed by atoms with van der Waals surface area (Å²) in [5.41, 5.74) is 0.959. The van der Waals surface area contributed by atoms with Gasteiger partial charge in [-0.3, -0.25) is 4.18 Å². The Kier molecular flexibility index (Phi) is 5.40. The van der Waals surface area contributed by atoms with Crippen LogP contribution in [-0.4, -0.2) is 21.3 Å². The standard InChI is InChI=1S/C7H11N.C7H14O3S/c1-7(4-5-7)3-2-6-8;1-7(3-4-7)5-6-10-11(2,8)9/h2-5H2,1H3;3-6H2,1-2H3. The highest BCUT2D eigenvalue weighted by Gasteiger charge is 2.37. The van der Waals surface area contributed by atoms with Crippen LogP contribution in [0.2, 0.25) is 0 Å². The first-order valence-corrected chi connectivity index (χ1v) is 8.71. The van der Waals surface area contributed by atoms with Gasteiger partial charge in [0.1, 0.15) is 0 Å². The van der Waals surface area contributed by atoms with Crippen LogP contribution in [0.15, 0.2) is 0 Å². The molecule has 4 nitrogen and oxygen atoms in total. The molecule has 0 aliphatic heterocycles. The summed E-state index contributed by atoms with van der Waals surface area (Å²) in [7, 11) is -3.22. The second-order valence-corrected chi connectivity index (χ2v) is 8.20. The van der Waals surface area contributed by atoms with Crippen molar-refractivity contribution in [1.82, 2.24) is 0 Å². The number of rotatable bonds is 6. The predicted octanol–water partition coefficient (Wildman–Crippen LogP) is 3.24. The molecule has 0 unspecified atom stereocenters. The summed E-state index contributed by atoms with van der Waals surface area (Å²) in [5.74, 6) is 0. The molecule has 0 heterocycles. The summed E-state index contributed by atoms with van der Waals surface area (Å²) < 4.78 is 25.6. The van der Waals surface area contributed by atoms with E-state index in [9.17, 15) is 8.42 Å². The van der Waals surface area contributed by atoms with Crippen molar-refractivity contribution in [3.05, 3.63) is 0 Å². The molecule has 2 aliphatic rings. The Morgan fingerprint density at radius 3 is 1.95 bits per heavy atom. The topological polar surface area (TPSA) is 67.2 Å². The highest BCUT2D eigenvalue weighted by atomic mass is 32.2. The lowest BCUT2D eigenvalue weighted by Crippen LogP contribution is -2.07. The fourth-order valence-corrected chi connectivity index (χ4v) is 2.11. The number of hydrogen-bond donors (Lipinski definition) is 0. The fraction of sp³-hybridized carbons (Fsp3) is 0.929. The Hall–Kier alpha value is -0.600. The van der Waals surface area contributed by atoms with Crippen LogP contribution in [0.1, 0.15) is 58.8 Å². The molecule has 2 fully saturated rings. The van der Waals surface area contributed by atoms with E-state index in [-0.39, 0.29) is 0 Å². The molecule has 0 radical (unpaired) electrons. The van der Waals surface area contributed by atoms with E-state index in [1.807, 2.05) is 0 Å². The van der Waals surface area contributed by atoms with E-state index in [0.29, 0.717) is 17.4 Å².